The van der Waals surface area contributed by atoms with E-state index in [0.29, 0.717) is 5.92 Å². The number of aryl methyl sites for hydroxylation is 2. The molecule has 1 nitrogen and oxygen atoms in total. The minimum Gasteiger partial charge on any atom is -0.258 e. The quantitative estimate of drug-likeness (QED) is 0.695. The number of hydrogen-bond acceptors (Lipinski definition) is 1. The van der Waals surface area contributed by atoms with Crippen molar-refractivity contribution in [3.05, 3.63) is 29.1 Å². The zero-order valence-electron chi connectivity index (χ0n) is 10.5. The van der Waals surface area contributed by atoms with Gasteiger partial charge in [0.2, 0.25) is 0 Å². The van der Waals surface area contributed by atoms with Crippen LogP contribution in [0.5, 0.6) is 0 Å². The predicted molar refractivity (Wildman–Crippen MR) is 66.3 cm³/mol. The number of rotatable bonds is 5. The van der Waals surface area contributed by atoms with Gasteiger partial charge in [-0.2, -0.15) is 0 Å². The van der Waals surface area contributed by atoms with Crippen molar-refractivity contribution >= 4 is 0 Å². The lowest BCUT2D eigenvalue weighted by atomic mass is 9.94. The van der Waals surface area contributed by atoms with Crippen molar-refractivity contribution < 1.29 is 0 Å². The summed E-state index contributed by atoms with van der Waals surface area (Å²) in [5, 5.41) is 0. The average molecular weight is 205 g/mol. The van der Waals surface area contributed by atoms with Crippen LogP contribution in [0.3, 0.4) is 0 Å². The molecule has 1 heterocycles. The Morgan fingerprint density at radius 3 is 2.13 bits per heavy atom. The van der Waals surface area contributed by atoms with Gasteiger partial charge in [-0.15, -0.1) is 0 Å². The van der Waals surface area contributed by atoms with Crippen LogP contribution in [0.25, 0.3) is 0 Å². The molecule has 0 N–H and O–H groups in total. The Hall–Kier alpha value is -0.850. The topological polar surface area (TPSA) is 12.9 Å². The van der Waals surface area contributed by atoms with Gasteiger partial charge < -0.3 is 0 Å². The maximum Gasteiger partial charge on any atom is 0.0437 e. The van der Waals surface area contributed by atoms with E-state index in [9.17, 15) is 0 Å². The molecule has 1 aromatic heterocycles. The molecule has 1 rings (SSSR count). The highest BCUT2D eigenvalue weighted by atomic mass is 14.7. The summed E-state index contributed by atoms with van der Waals surface area (Å²) in [6, 6.07) is 4.41. The van der Waals surface area contributed by atoms with Crippen molar-refractivity contribution in [3.8, 4) is 0 Å². The molecule has 0 saturated carbocycles. The molecule has 0 aromatic carbocycles. The summed E-state index contributed by atoms with van der Waals surface area (Å²) in [6.45, 7) is 8.74. The molecule has 0 unspecified atom stereocenters. The third-order valence-electron chi connectivity index (χ3n) is 3.06. The normalized spacial score (nSPS) is 11.0. The van der Waals surface area contributed by atoms with E-state index < -0.39 is 0 Å². The monoisotopic (exact) mass is 205 g/mol. The van der Waals surface area contributed by atoms with E-state index in [1.54, 1.807) is 0 Å². The molecule has 0 aliphatic heterocycles. The van der Waals surface area contributed by atoms with E-state index in [-0.39, 0.29) is 0 Å². The van der Waals surface area contributed by atoms with Crippen LogP contribution in [0.2, 0.25) is 0 Å². The van der Waals surface area contributed by atoms with E-state index in [4.69, 9.17) is 4.98 Å². The minimum absolute atomic E-state index is 0.666. The first-order chi connectivity index (χ1) is 7.19. The Morgan fingerprint density at radius 2 is 1.67 bits per heavy atom. The van der Waals surface area contributed by atoms with Crippen molar-refractivity contribution in [3.63, 3.8) is 0 Å². The number of nitrogens with zero attached hydrogens (tertiary/aromatic N) is 1. The summed E-state index contributed by atoms with van der Waals surface area (Å²) in [5.41, 5.74) is 3.78. The van der Waals surface area contributed by atoms with Crippen LogP contribution in [-0.2, 0) is 0 Å². The molecular formula is C14H23N. The molecule has 15 heavy (non-hydrogen) atoms. The zero-order chi connectivity index (χ0) is 11.3. The van der Waals surface area contributed by atoms with Gasteiger partial charge in [-0.3, -0.25) is 4.98 Å². The van der Waals surface area contributed by atoms with Crippen molar-refractivity contribution in [1.82, 2.24) is 4.98 Å². The predicted octanol–water partition coefficient (Wildman–Crippen LogP) is 4.38. The van der Waals surface area contributed by atoms with Crippen LogP contribution in [0, 0.1) is 13.8 Å². The largest absolute Gasteiger partial charge is 0.258 e. The smallest absolute Gasteiger partial charge is 0.0437 e. The molecule has 0 radical (unpaired) electrons. The average Bonchev–Trinajstić information content (AvgIpc) is 2.22. The van der Waals surface area contributed by atoms with E-state index in [2.05, 4.69) is 39.8 Å². The second kappa shape index (κ2) is 5.89. The molecule has 1 heteroatoms. The summed E-state index contributed by atoms with van der Waals surface area (Å²) in [5.74, 6) is 0.666. The molecule has 1 aromatic rings. The van der Waals surface area contributed by atoms with Gasteiger partial charge in [-0.1, -0.05) is 32.8 Å². The first kappa shape index (κ1) is 12.2. The van der Waals surface area contributed by atoms with Gasteiger partial charge in [0, 0.05) is 17.3 Å². The van der Waals surface area contributed by atoms with Gasteiger partial charge in [-0.25, -0.2) is 0 Å². The summed E-state index contributed by atoms with van der Waals surface area (Å²) >= 11 is 0. The molecule has 84 valence electrons. The van der Waals surface area contributed by atoms with E-state index in [1.807, 2.05) is 0 Å². The summed E-state index contributed by atoms with van der Waals surface area (Å²) in [7, 11) is 0. The third kappa shape index (κ3) is 3.33. The maximum absolute atomic E-state index is 4.71. The molecule has 0 bridgehead atoms. The molecule has 0 saturated heterocycles. The zero-order valence-corrected chi connectivity index (χ0v) is 10.5. The Kier molecular flexibility index (Phi) is 4.80. The Labute approximate surface area is 93.9 Å². The van der Waals surface area contributed by atoms with E-state index in [1.165, 1.54) is 42.6 Å². The summed E-state index contributed by atoms with van der Waals surface area (Å²) in [4.78, 5) is 4.71. The fourth-order valence-corrected chi connectivity index (χ4v) is 2.01. The number of aromatic nitrogens is 1. The van der Waals surface area contributed by atoms with Crippen LogP contribution in [0.4, 0.5) is 0 Å². The first-order valence-corrected chi connectivity index (χ1v) is 6.13. The van der Waals surface area contributed by atoms with Gasteiger partial charge in [0.15, 0.2) is 0 Å². The van der Waals surface area contributed by atoms with Crippen LogP contribution in [0.15, 0.2) is 12.1 Å². The Morgan fingerprint density at radius 1 is 1.07 bits per heavy atom. The fourth-order valence-electron chi connectivity index (χ4n) is 2.01. The second-order valence-electron chi connectivity index (χ2n) is 4.41. The number of hydrogen-bond donors (Lipinski definition) is 0. The second-order valence-corrected chi connectivity index (χ2v) is 4.41. The molecule has 0 fully saturated rings. The standard InChI is InChI=1S/C14H23N/c1-5-7-13(8-6-2)14-10-9-11(3)12(4)15-14/h9-10,13H,5-8H2,1-4H3. The third-order valence-corrected chi connectivity index (χ3v) is 3.06. The summed E-state index contributed by atoms with van der Waals surface area (Å²) in [6.07, 6.45) is 5.03. The van der Waals surface area contributed by atoms with Gasteiger partial charge >= 0.3 is 0 Å². The van der Waals surface area contributed by atoms with Gasteiger partial charge in [0.05, 0.1) is 0 Å². The van der Waals surface area contributed by atoms with E-state index >= 15 is 0 Å². The molecule has 0 aliphatic rings. The lowest BCUT2D eigenvalue weighted by Crippen LogP contribution is -2.03. The van der Waals surface area contributed by atoms with Crippen LogP contribution in [-0.4, -0.2) is 4.98 Å². The lowest BCUT2D eigenvalue weighted by molar-refractivity contribution is 0.547. The highest BCUT2D eigenvalue weighted by Gasteiger charge is 2.11. The van der Waals surface area contributed by atoms with Crippen molar-refractivity contribution in [2.45, 2.75) is 59.3 Å². The maximum atomic E-state index is 4.71. The fraction of sp³-hybridized carbons (Fsp3) is 0.643. The highest BCUT2D eigenvalue weighted by molar-refractivity contribution is 5.22. The SMILES string of the molecule is CCCC(CCC)c1ccc(C)c(C)n1. The van der Waals surface area contributed by atoms with E-state index in [0.717, 1.165) is 0 Å². The first-order valence-electron chi connectivity index (χ1n) is 6.13. The highest BCUT2D eigenvalue weighted by Crippen LogP contribution is 2.25. The molecular weight excluding hydrogens is 182 g/mol. The summed E-state index contributed by atoms with van der Waals surface area (Å²) < 4.78 is 0. The van der Waals surface area contributed by atoms with Gasteiger partial charge in [0.1, 0.15) is 0 Å². The minimum atomic E-state index is 0.666. The van der Waals surface area contributed by atoms with Crippen molar-refractivity contribution in [1.29, 1.82) is 0 Å². The Balaban J connectivity index is 2.85. The molecule has 0 amide bonds. The van der Waals surface area contributed by atoms with Gasteiger partial charge in [0.25, 0.3) is 0 Å². The molecule has 0 aliphatic carbocycles. The van der Waals surface area contributed by atoms with Crippen molar-refractivity contribution in [2.75, 3.05) is 0 Å². The van der Waals surface area contributed by atoms with Crippen LogP contribution in [0.1, 0.15) is 62.4 Å². The molecule has 0 spiro atoms. The van der Waals surface area contributed by atoms with Crippen LogP contribution >= 0.6 is 0 Å². The van der Waals surface area contributed by atoms with Gasteiger partial charge in [-0.05, 0) is 38.3 Å². The van der Waals surface area contributed by atoms with Crippen molar-refractivity contribution in [2.24, 2.45) is 0 Å². The van der Waals surface area contributed by atoms with Crippen LogP contribution < -0.4 is 0 Å². The number of pyridine rings is 1. The Bertz CT molecular complexity index is 298. The molecule has 0 atom stereocenters. The lowest BCUT2D eigenvalue weighted by Gasteiger charge is -2.15.